The van der Waals surface area contributed by atoms with Crippen LogP contribution in [0.3, 0.4) is 0 Å². The molecule has 0 amide bonds. The van der Waals surface area contributed by atoms with E-state index in [0.717, 1.165) is 24.3 Å². The maximum absolute atomic E-state index is 9.39. The second kappa shape index (κ2) is 5.78. The zero-order chi connectivity index (χ0) is 13.8. The predicted molar refractivity (Wildman–Crippen MR) is 83.2 cm³/mol. The molecule has 1 fully saturated rings. The molecule has 0 spiro atoms. The van der Waals surface area contributed by atoms with Crippen molar-refractivity contribution < 1.29 is 5.11 Å². The largest absolute Gasteiger partial charge is 0.508 e. The molecular weight excluding hydrogens is 248 g/mol. The number of hydrogen-bond acceptors (Lipinski definition) is 3. The van der Waals surface area contributed by atoms with E-state index in [0.29, 0.717) is 0 Å². The zero-order valence-corrected chi connectivity index (χ0v) is 11.4. The molecule has 1 heterocycles. The Kier molecular flexibility index (Phi) is 3.68. The highest BCUT2D eigenvalue weighted by molar-refractivity contribution is 5.82. The van der Waals surface area contributed by atoms with Gasteiger partial charge in [0.05, 0.1) is 5.69 Å². The van der Waals surface area contributed by atoms with Crippen molar-refractivity contribution in [2.24, 2.45) is 4.99 Å². The molecule has 0 atom stereocenters. The highest BCUT2D eigenvalue weighted by Crippen LogP contribution is 2.21. The van der Waals surface area contributed by atoms with Crippen molar-refractivity contribution in [2.45, 2.75) is 12.8 Å². The van der Waals surface area contributed by atoms with Gasteiger partial charge in [-0.15, -0.1) is 0 Å². The predicted octanol–water partition coefficient (Wildman–Crippen LogP) is 3.74. The van der Waals surface area contributed by atoms with Crippen LogP contribution in [-0.2, 0) is 0 Å². The Morgan fingerprint density at radius 1 is 1.00 bits per heavy atom. The summed E-state index contributed by atoms with van der Waals surface area (Å²) in [5, 5.41) is 9.39. The van der Waals surface area contributed by atoms with Crippen molar-refractivity contribution in [3.05, 3.63) is 54.1 Å². The van der Waals surface area contributed by atoms with Gasteiger partial charge in [-0.3, -0.25) is 4.99 Å². The molecule has 3 nitrogen and oxygen atoms in total. The maximum atomic E-state index is 9.39. The van der Waals surface area contributed by atoms with Gasteiger partial charge >= 0.3 is 0 Å². The Labute approximate surface area is 119 Å². The van der Waals surface area contributed by atoms with E-state index >= 15 is 0 Å². The Balaban J connectivity index is 1.71. The molecule has 3 rings (SSSR count). The first-order valence-corrected chi connectivity index (χ1v) is 6.99. The summed E-state index contributed by atoms with van der Waals surface area (Å²) in [6.45, 7) is 2.33. The fourth-order valence-electron chi connectivity index (χ4n) is 2.47. The fourth-order valence-corrected chi connectivity index (χ4v) is 2.47. The standard InChI is InChI=1S/C17H18N2O/c20-17-5-3-4-15(12-17)18-13-14-6-8-16(9-7-14)19-10-1-2-11-19/h3-9,12-13,20H,1-2,10-11H2. The fraction of sp³-hybridized carbons (Fsp3) is 0.235. The number of rotatable bonds is 3. The third-order valence-corrected chi connectivity index (χ3v) is 3.56. The molecule has 1 aliphatic rings. The van der Waals surface area contributed by atoms with Crippen LogP contribution in [0, 0.1) is 0 Å². The van der Waals surface area contributed by atoms with E-state index in [1.807, 2.05) is 12.3 Å². The van der Waals surface area contributed by atoms with Crippen LogP contribution in [0.2, 0.25) is 0 Å². The maximum Gasteiger partial charge on any atom is 0.117 e. The summed E-state index contributed by atoms with van der Waals surface area (Å²) in [5.41, 5.74) is 3.11. The van der Waals surface area contributed by atoms with E-state index in [2.05, 4.69) is 34.2 Å². The van der Waals surface area contributed by atoms with Gasteiger partial charge in [0.1, 0.15) is 5.75 Å². The van der Waals surface area contributed by atoms with Crippen molar-refractivity contribution in [2.75, 3.05) is 18.0 Å². The van der Waals surface area contributed by atoms with Gasteiger partial charge in [0, 0.05) is 31.1 Å². The number of nitrogens with zero attached hydrogens (tertiary/aromatic N) is 2. The number of aliphatic imine (C=N–C) groups is 1. The van der Waals surface area contributed by atoms with E-state index in [9.17, 15) is 5.11 Å². The van der Waals surface area contributed by atoms with Gasteiger partial charge in [-0.2, -0.15) is 0 Å². The number of aromatic hydroxyl groups is 1. The van der Waals surface area contributed by atoms with Crippen LogP contribution >= 0.6 is 0 Å². The number of hydrogen-bond donors (Lipinski definition) is 1. The lowest BCUT2D eigenvalue weighted by Crippen LogP contribution is -2.17. The van der Waals surface area contributed by atoms with Gasteiger partial charge < -0.3 is 10.0 Å². The molecule has 0 aromatic heterocycles. The normalized spacial score (nSPS) is 15.1. The highest BCUT2D eigenvalue weighted by Gasteiger charge is 2.11. The number of phenolic OH excluding ortho intramolecular Hbond substituents is 1. The van der Waals surface area contributed by atoms with Gasteiger partial charge in [0.2, 0.25) is 0 Å². The molecule has 0 aliphatic carbocycles. The number of phenols is 1. The molecule has 0 radical (unpaired) electrons. The summed E-state index contributed by atoms with van der Waals surface area (Å²) < 4.78 is 0. The molecule has 0 unspecified atom stereocenters. The first-order chi connectivity index (χ1) is 9.81. The Morgan fingerprint density at radius 3 is 2.45 bits per heavy atom. The molecule has 0 bridgehead atoms. The van der Waals surface area contributed by atoms with E-state index in [1.165, 1.54) is 18.5 Å². The first kappa shape index (κ1) is 12.7. The second-order valence-corrected chi connectivity index (χ2v) is 5.06. The summed E-state index contributed by atoms with van der Waals surface area (Å²) in [6, 6.07) is 15.4. The third-order valence-electron chi connectivity index (χ3n) is 3.56. The summed E-state index contributed by atoms with van der Waals surface area (Å²) >= 11 is 0. The molecule has 20 heavy (non-hydrogen) atoms. The van der Waals surface area contributed by atoms with Crippen LogP contribution in [0.25, 0.3) is 0 Å². The third kappa shape index (κ3) is 2.99. The zero-order valence-electron chi connectivity index (χ0n) is 11.4. The molecular formula is C17H18N2O. The van der Waals surface area contributed by atoms with Gasteiger partial charge in [-0.25, -0.2) is 0 Å². The number of anilines is 1. The molecule has 1 N–H and O–H groups in total. The first-order valence-electron chi connectivity index (χ1n) is 6.99. The Hall–Kier alpha value is -2.29. The average molecular weight is 266 g/mol. The van der Waals surface area contributed by atoms with E-state index < -0.39 is 0 Å². The highest BCUT2D eigenvalue weighted by atomic mass is 16.3. The van der Waals surface area contributed by atoms with Crippen LogP contribution in [0.4, 0.5) is 11.4 Å². The van der Waals surface area contributed by atoms with Gasteiger partial charge in [0.25, 0.3) is 0 Å². The minimum atomic E-state index is 0.240. The Bertz CT molecular complexity index is 599. The average Bonchev–Trinajstić information content (AvgIpc) is 3.00. The van der Waals surface area contributed by atoms with Crippen LogP contribution in [-0.4, -0.2) is 24.4 Å². The van der Waals surface area contributed by atoms with Crippen LogP contribution in [0.5, 0.6) is 5.75 Å². The Morgan fingerprint density at radius 2 is 1.75 bits per heavy atom. The lowest BCUT2D eigenvalue weighted by molar-refractivity contribution is 0.475. The summed E-state index contributed by atoms with van der Waals surface area (Å²) in [5.74, 6) is 0.240. The minimum Gasteiger partial charge on any atom is -0.508 e. The summed E-state index contributed by atoms with van der Waals surface area (Å²) in [4.78, 5) is 6.78. The molecule has 0 saturated carbocycles. The van der Waals surface area contributed by atoms with Gasteiger partial charge in [0.15, 0.2) is 0 Å². The monoisotopic (exact) mass is 266 g/mol. The van der Waals surface area contributed by atoms with Crippen LogP contribution in [0.1, 0.15) is 18.4 Å². The quantitative estimate of drug-likeness (QED) is 0.859. The lowest BCUT2D eigenvalue weighted by atomic mass is 10.2. The molecule has 2 aromatic rings. The van der Waals surface area contributed by atoms with Crippen LogP contribution in [0.15, 0.2) is 53.5 Å². The van der Waals surface area contributed by atoms with Crippen molar-refractivity contribution in [1.82, 2.24) is 0 Å². The minimum absolute atomic E-state index is 0.240. The summed E-state index contributed by atoms with van der Waals surface area (Å²) in [6.07, 6.45) is 4.41. The van der Waals surface area contributed by atoms with E-state index in [-0.39, 0.29) is 5.75 Å². The van der Waals surface area contributed by atoms with Crippen molar-refractivity contribution >= 4 is 17.6 Å². The van der Waals surface area contributed by atoms with Gasteiger partial charge in [-0.05, 0) is 42.7 Å². The SMILES string of the molecule is Oc1cccc(N=Cc2ccc(N3CCCC3)cc2)c1. The molecule has 3 heteroatoms. The smallest absolute Gasteiger partial charge is 0.117 e. The van der Waals surface area contributed by atoms with E-state index in [4.69, 9.17) is 0 Å². The van der Waals surface area contributed by atoms with Gasteiger partial charge in [-0.1, -0.05) is 18.2 Å². The molecule has 1 aliphatic heterocycles. The second-order valence-electron chi connectivity index (χ2n) is 5.06. The topological polar surface area (TPSA) is 35.8 Å². The van der Waals surface area contributed by atoms with Crippen molar-refractivity contribution in [3.63, 3.8) is 0 Å². The van der Waals surface area contributed by atoms with Crippen molar-refractivity contribution in [3.8, 4) is 5.75 Å². The van der Waals surface area contributed by atoms with E-state index in [1.54, 1.807) is 18.2 Å². The van der Waals surface area contributed by atoms with Crippen LogP contribution < -0.4 is 4.90 Å². The molecule has 1 saturated heterocycles. The lowest BCUT2D eigenvalue weighted by Gasteiger charge is -2.17. The molecule has 2 aromatic carbocycles. The van der Waals surface area contributed by atoms with Crippen molar-refractivity contribution in [1.29, 1.82) is 0 Å². The number of benzene rings is 2. The molecule has 102 valence electrons. The summed E-state index contributed by atoms with van der Waals surface area (Å²) in [7, 11) is 0.